The molecular formula is C22H30ClN5O. The summed E-state index contributed by atoms with van der Waals surface area (Å²) in [5.41, 5.74) is 2.25. The van der Waals surface area contributed by atoms with Crippen molar-refractivity contribution in [1.82, 2.24) is 15.6 Å². The number of aliphatic imine (C=N–C) groups is 1. The van der Waals surface area contributed by atoms with Crippen LogP contribution in [0.3, 0.4) is 0 Å². The number of pyridine rings is 1. The molecule has 0 atom stereocenters. The topological polar surface area (TPSA) is 61.8 Å². The van der Waals surface area contributed by atoms with Crippen LogP contribution in [-0.2, 0) is 13.0 Å². The summed E-state index contributed by atoms with van der Waals surface area (Å²) in [7, 11) is 1.64. The third-order valence-electron chi connectivity index (χ3n) is 4.95. The van der Waals surface area contributed by atoms with Crippen LogP contribution >= 0.6 is 11.6 Å². The van der Waals surface area contributed by atoms with Gasteiger partial charge in [0.25, 0.3) is 0 Å². The van der Waals surface area contributed by atoms with Gasteiger partial charge in [0.15, 0.2) is 5.96 Å². The van der Waals surface area contributed by atoms with E-state index in [9.17, 15) is 0 Å². The third kappa shape index (κ3) is 6.26. The van der Waals surface area contributed by atoms with Crippen molar-refractivity contribution < 1.29 is 4.74 Å². The number of aromatic nitrogens is 1. The molecule has 0 aliphatic carbocycles. The Morgan fingerprint density at radius 1 is 1.21 bits per heavy atom. The third-order valence-corrected chi connectivity index (χ3v) is 5.30. The molecule has 0 amide bonds. The highest BCUT2D eigenvalue weighted by Crippen LogP contribution is 2.22. The molecule has 29 heavy (non-hydrogen) atoms. The summed E-state index contributed by atoms with van der Waals surface area (Å²) in [6, 6.07) is 9.96. The van der Waals surface area contributed by atoms with Crippen LogP contribution in [0, 0.1) is 0 Å². The van der Waals surface area contributed by atoms with Crippen LogP contribution in [0.1, 0.15) is 30.9 Å². The Kier molecular flexibility index (Phi) is 7.99. The Balaban J connectivity index is 1.56. The molecular weight excluding hydrogens is 386 g/mol. The Hall–Kier alpha value is -2.47. The first-order valence-electron chi connectivity index (χ1n) is 10.2. The molecule has 1 aromatic heterocycles. The quantitative estimate of drug-likeness (QED) is 0.509. The van der Waals surface area contributed by atoms with Crippen molar-refractivity contribution in [3.05, 3.63) is 52.7 Å². The normalized spacial score (nSPS) is 14.2. The molecule has 2 N–H and O–H groups in total. The van der Waals surface area contributed by atoms with Crippen LogP contribution in [0.15, 0.2) is 41.5 Å². The molecule has 1 aromatic carbocycles. The van der Waals surface area contributed by atoms with Crippen molar-refractivity contribution in [3.63, 3.8) is 0 Å². The van der Waals surface area contributed by atoms with Gasteiger partial charge in [-0.25, -0.2) is 9.98 Å². The van der Waals surface area contributed by atoms with Gasteiger partial charge in [0.05, 0.1) is 13.7 Å². The Labute approximate surface area is 178 Å². The maximum Gasteiger partial charge on any atom is 0.191 e. The Morgan fingerprint density at radius 3 is 2.76 bits per heavy atom. The van der Waals surface area contributed by atoms with Gasteiger partial charge in [-0.05, 0) is 61.6 Å². The number of guanidine groups is 1. The largest absolute Gasteiger partial charge is 0.497 e. The minimum atomic E-state index is 0.613. The van der Waals surface area contributed by atoms with E-state index >= 15 is 0 Å². The van der Waals surface area contributed by atoms with Crippen molar-refractivity contribution >= 4 is 23.4 Å². The monoisotopic (exact) mass is 415 g/mol. The molecule has 3 rings (SSSR count). The average molecular weight is 416 g/mol. The van der Waals surface area contributed by atoms with Crippen molar-refractivity contribution in [2.75, 3.05) is 38.2 Å². The van der Waals surface area contributed by atoms with E-state index in [1.54, 1.807) is 7.11 Å². The van der Waals surface area contributed by atoms with Crippen LogP contribution in [-0.4, -0.2) is 44.2 Å². The molecule has 2 aromatic rings. The van der Waals surface area contributed by atoms with E-state index in [0.29, 0.717) is 6.54 Å². The maximum absolute atomic E-state index is 6.33. The molecule has 1 aliphatic heterocycles. The van der Waals surface area contributed by atoms with Crippen LogP contribution in [0.25, 0.3) is 0 Å². The van der Waals surface area contributed by atoms with E-state index in [-0.39, 0.29) is 0 Å². The summed E-state index contributed by atoms with van der Waals surface area (Å²) < 4.78 is 5.20. The van der Waals surface area contributed by atoms with E-state index in [2.05, 4.69) is 33.5 Å². The van der Waals surface area contributed by atoms with Gasteiger partial charge in [-0.15, -0.1) is 0 Å². The molecule has 6 nitrogen and oxygen atoms in total. The predicted molar refractivity (Wildman–Crippen MR) is 120 cm³/mol. The minimum absolute atomic E-state index is 0.613. The van der Waals surface area contributed by atoms with Crippen LogP contribution < -0.4 is 20.3 Å². The van der Waals surface area contributed by atoms with Gasteiger partial charge in [-0.3, -0.25) is 0 Å². The second-order valence-corrected chi connectivity index (χ2v) is 7.45. The summed E-state index contributed by atoms with van der Waals surface area (Å²) in [5.74, 6) is 2.63. The molecule has 1 fully saturated rings. The average Bonchev–Trinajstić information content (AvgIpc) is 3.28. The first-order valence-corrected chi connectivity index (χ1v) is 10.6. The fourth-order valence-electron chi connectivity index (χ4n) is 3.36. The van der Waals surface area contributed by atoms with E-state index in [0.717, 1.165) is 66.3 Å². The summed E-state index contributed by atoms with van der Waals surface area (Å²) in [4.78, 5) is 11.6. The highest BCUT2D eigenvalue weighted by atomic mass is 35.5. The summed E-state index contributed by atoms with van der Waals surface area (Å²) in [5, 5.41) is 7.41. The van der Waals surface area contributed by atoms with E-state index < -0.39 is 0 Å². The number of anilines is 1. The van der Waals surface area contributed by atoms with Crippen molar-refractivity contribution in [2.45, 2.75) is 32.7 Å². The van der Waals surface area contributed by atoms with Gasteiger partial charge >= 0.3 is 0 Å². The second-order valence-electron chi connectivity index (χ2n) is 7.05. The lowest BCUT2D eigenvalue weighted by Gasteiger charge is -2.16. The summed E-state index contributed by atoms with van der Waals surface area (Å²) in [6.07, 6.45) is 5.18. The number of hydrogen-bond acceptors (Lipinski definition) is 4. The van der Waals surface area contributed by atoms with E-state index in [1.165, 1.54) is 12.8 Å². The van der Waals surface area contributed by atoms with Crippen molar-refractivity contribution in [2.24, 2.45) is 4.99 Å². The number of rotatable bonds is 8. The van der Waals surface area contributed by atoms with Gasteiger partial charge in [-0.2, -0.15) is 0 Å². The smallest absolute Gasteiger partial charge is 0.191 e. The van der Waals surface area contributed by atoms with Crippen LogP contribution in [0.5, 0.6) is 5.75 Å². The van der Waals surface area contributed by atoms with Gasteiger partial charge in [0.1, 0.15) is 11.6 Å². The fraction of sp³-hybridized carbons (Fsp3) is 0.455. The van der Waals surface area contributed by atoms with Gasteiger partial charge in [0, 0.05) is 37.4 Å². The summed E-state index contributed by atoms with van der Waals surface area (Å²) in [6.45, 7) is 6.42. The first-order chi connectivity index (χ1) is 14.2. The number of halogens is 1. The molecule has 0 spiro atoms. The second kappa shape index (κ2) is 10.9. The first kappa shape index (κ1) is 21.2. The lowest BCUT2D eigenvalue weighted by atomic mass is 10.1. The highest BCUT2D eigenvalue weighted by molar-refractivity contribution is 6.31. The summed E-state index contributed by atoms with van der Waals surface area (Å²) >= 11 is 6.33. The molecule has 0 unspecified atom stereocenters. The molecule has 2 heterocycles. The highest BCUT2D eigenvalue weighted by Gasteiger charge is 2.13. The molecule has 1 saturated heterocycles. The zero-order valence-corrected chi connectivity index (χ0v) is 18.0. The maximum atomic E-state index is 6.33. The number of nitrogens with one attached hydrogen (secondary N) is 2. The zero-order chi connectivity index (χ0) is 20.5. The fourth-order valence-corrected chi connectivity index (χ4v) is 3.63. The molecule has 156 valence electrons. The molecule has 1 aliphatic rings. The number of nitrogens with zero attached hydrogens (tertiary/aromatic N) is 3. The minimum Gasteiger partial charge on any atom is -0.497 e. The molecule has 0 radical (unpaired) electrons. The molecule has 7 heteroatoms. The van der Waals surface area contributed by atoms with Crippen LogP contribution in [0.2, 0.25) is 5.02 Å². The van der Waals surface area contributed by atoms with Crippen LogP contribution in [0.4, 0.5) is 5.82 Å². The lowest BCUT2D eigenvalue weighted by Crippen LogP contribution is -2.38. The SMILES string of the molecule is CCNC(=NCc1ccnc(N2CCCC2)c1)NCCc1ccc(OC)cc1Cl. The van der Waals surface area contributed by atoms with Crippen molar-refractivity contribution in [1.29, 1.82) is 0 Å². The van der Waals surface area contributed by atoms with Gasteiger partial charge in [-0.1, -0.05) is 17.7 Å². The standard InChI is InChI=1S/C22H30ClN5O/c1-3-24-22(26-11-9-18-6-7-19(29-2)15-20(18)23)27-16-17-8-10-25-21(14-17)28-12-4-5-13-28/h6-8,10,14-15H,3-5,9,11-13,16H2,1-2H3,(H2,24,26,27). The molecule has 0 saturated carbocycles. The Morgan fingerprint density at radius 2 is 2.03 bits per heavy atom. The number of hydrogen-bond donors (Lipinski definition) is 2. The van der Waals surface area contributed by atoms with E-state index in [1.807, 2.05) is 30.5 Å². The lowest BCUT2D eigenvalue weighted by molar-refractivity contribution is 0.414. The van der Waals surface area contributed by atoms with Gasteiger partial charge < -0.3 is 20.3 Å². The number of methoxy groups -OCH3 is 1. The van der Waals surface area contributed by atoms with Crippen molar-refractivity contribution in [3.8, 4) is 5.75 Å². The van der Waals surface area contributed by atoms with Gasteiger partial charge in [0.2, 0.25) is 0 Å². The predicted octanol–water partition coefficient (Wildman–Crippen LogP) is 3.64. The Bertz CT molecular complexity index is 821. The van der Waals surface area contributed by atoms with E-state index in [4.69, 9.17) is 21.3 Å². The number of benzene rings is 1. The molecule has 0 bridgehead atoms. The number of ether oxygens (including phenoxy) is 1. The zero-order valence-electron chi connectivity index (χ0n) is 17.2.